The molecule has 0 radical (unpaired) electrons. The Labute approximate surface area is 132 Å². The number of hydrogen-bond donors (Lipinski definition) is 1. The number of carboxylic acids is 1. The first kappa shape index (κ1) is 16.0. The van der Waals surface area contributed by atoms with Crippen molar-refractivity contribution in [3.05, 3.63) is 52.2 Å². The highest BCUT2D eigenvalue weighted by Crippen LogP contribution is 2.19. The summed E-state index contributed by atoms with van der Waals surface area (Å²) >= 11 is 1.57. The average molecular weight is 319 g/mol. The minimum absolute atomic E-state index is 0.0758. The van der Waals surface area contributed by atoms with Crippen LogP contribution in [0.2, 0.25) is 0 Å². The minimum Gasteiger partial charge on any atom is -0.497 e. The molecule has 5 nitrogen and oxygen atoms in total. The molecule has 6 heteroatoms. The van der Waals surface area contributed by atoms with E-state index in [2.05, 4.69) is 5.16 Å². The molecule has 1 aromatic carbocycles. The first-order valence-corrected chi connectivity index (χ1v) is 7.68. The summed E-state index contributed by atoms with van der Waals surface area (Å²) in [6, 6.07) is 11.5. The zero-order valence-electron chi connectivity index (χ0n) is 12.2. The molecule has 0 atom stereocenters. The van der Waals surface area contributed by atoms with Crippen LogP contribution in [0.15, 0.2) is 46.9 Å². The molecule has 0 spiro atoms. The lowest BCUT2D eigenvalue weighted by Gasteiger charge is -2.06. The van der Waals surface area contributed by atoms with Gasteiger partial charge in [-0.25, -0.2) is 0 Å². The number of carboxylic acid groups (broad SMARTS) is 1. The van der Waals surface area contributed by atoms with E-state index in [1.165, 1.54) is 0 Å². The number of oxime groups is 1. The number of methoxy groups -OCH3 is 1. The van der Waals surface area contributed by atoms with E-state index in [-0.39, 0.29) is 13.0 Å². The monoisotopic (exact) mass is 319 g/mol. The van der Waals surface area contributed by atoms with E-state index in [9.17, 15) is 4.79 Å². The molecule has 0 aliphatic carbocycles. The van der Waals surface area contributed by atoms with Crippen LogP contribution in [0.25, 0.3) is 0 Å². The molecule has 116 valence electrons. The van der Waals surface area contributed by atoms with Gasteiger partial charge in [-0.15, -0.1) is 11.3 Å². The van der Waals surface area contributed by atoms with E-state index in [0.717, 1.165) is 21.9 Å². The number of aliphatic carboxylic acids is 1. The van der Waals surface area contributed by atoms with Gasteiger partial charge in [-0.1, -0.05) is 11.2 Å². The number of rotatable bonds is 8. The molecular formula is C16H17NO4S. The van der Waals surface area contributed by atoms with Gasteiger partial charge in [-0.05, 0) is 42.1 Å². The highest BCUT2D eigenvalue weighted by atomic mass is 32.1. The lowest BCUT2D eigenvalue weighted by Crippen LogP contribution is -2.04. The van der Waals surface area contributed by atoms with Crippen molar-refractivity contribution in [3.8, 4) is 5.75 Å². The van der Waals surface area contributed by atoms with E-state index >= 15 is 0 Å². The molecule has 1 heterocycles. The highest BCUT2D eigenvalue weighted by molar-refractivity contribution is 7.12. The molecule has 2 rings (SSSR count). The predicted octanol–water partition coefficient (Wildman–Crippen LogP) is 3.39. The predicted molar refractivity (Wildman–Crippen MR) is 85.8 cm³/mol. The number of carbonyl (C=O) groups is 1. The molecule has 0 fully saturated rings. The SMILES string of the molecule is COc1ccc(/C(=N\OCCCC(=O)O)c2cccs2)cc1. The number of benzene rings is 1. The summed E-state index contributed by atoms with van der Waals surface area (Å²) in [5.41, 5.74) is 1.65. The van der Waals surface area contributed by atoms with Crippen molar-refractivity contribution >= 4 is 23.0 Å². The average Bonchev–Trinajstić information content (AvgIpc) is 3.05. The Morgan fingerprint density at radius 3 is 2.64 bits per heavy atom. The quantitative estimate of drug-likeness (QED) is 0.460. The molecule has 0 aliphatic heterocycles. The summed E-state index contributed by atoms with van der Waals surface area (Å²) in [7, 11) is 1.62. The van der Waals surface area contributed by atoms with Crippen molar-refractivity contribution in [2.45, 2.75) is 12.8 Å². The summed E-state index contributed by atoms with van der Waals surface area (Å²) in [4.78, 5) is 16.7. The van der Waals surface area contributed by atoms with Crippen molar-refractivity contribution in [2.24, 2.45) is 5.16 Å². The minimum atomic E-state index is -0.832. The Morgan fingerprint density at radius 2 is 2.05 bits per heavy atom. The third kappa shape index (κ3) is 4.60. The van der Waals surface area contributed by atoms with Gasteiger partial charge in [-0.3, -0.25) is 4.79 Å². The van der Waals surface area contributed by atoms with E-state index in [4.69, 9.17) is 14.7 Å². The Morgan fingerprint density at radius 1 is 1.27 bits per heavy atom. The second kappa shape index (κ2) is 8.19. The van der Waals surface area contributed by atoms with Crippen LogP contribution in [0.4, 0.5) is 0 Å². The molecule has 0 aliphatic rings. The molecule has 0 amide bonds. The summed E-state index contributed by atoms with van der Waals surface area (Å²) in [5, 5.41) is 14.8. The van der Waals surface area contributed by atoms with Crippen LogP contribution < -0.4 is 4.74 Å². The first-order valence-electron chi connectivity index (χ1n) is 6.81. The number of thiophene rings is 1. The van der Waals surface area contributed by atoms with Crippen molar-refractivity contribution in [1.82, 2.24) is 0 Å². The summed E-state index contributed by atoms with van der Waals surface area (Å²) < 4.78 is 5.15. The third-order valence-corrected chi connectivity index (χ3v) is 3.78. The number of nitrogens with zero attached hydrogens (tertiary/aromatic N) is 1. The van der Waals surface area contributed by atoms with Crippen molar-refractivity contribution < 1.29 is 19.5 Å². The highest BCUT2D eigenvalue weighted by Gasteiger charge is 2.09. The van der Waals surface area contributed by atoms with Crippen LogP contribution in [0, 0.1) is 0 Å². The van der Waals surface area contributed by atoms with Crippen LogP contribution in [-0.2, 0) is 9.63 Å². The Hall–Kier alpha value is -2.34. The standard InChI is InChI=1S/C16H17NO4S/c1-20-13-8-6-12(7-9-13)16(14-4-3-11-22-14)17-21-10-2-5-15(18)19/h3-4,6-9,11H,2,5,10H2,1H3,(H,18,19)/b17-16+. The van der Waals surface area contributed by atoms with Gasteiger partial charge in [0, 0.05) is 12.0 Å². The Kier molecular flexibility index (Phi) is 5.97. The largest absolute Gasteiger partial charge is 0.497 e. The van der Waals surface area contributed by atoms with Gasteiger partial charge >= 0.3 is 5.97 Å². The normalized spacial score (nSPS) is 11.2. The smallest absolute Gasteiger partial charge is 0.303 e. The van der Waals surface area contributed by atoms with Gasteiger partial charge in [-0.2, -0.15) is 0 Å². The molecule has 0 saturated carbocycles. The molecular weight excluding hydrogens is 302 g/mol. The molecule has 0 unspecified atom stereocenters. The van der Waals surface area contributed by atoms with Crippen LogP contribution in [0.1, 0.15) is 23.3 Å². The van der Waals surface area contributed by atoms with Crippen molar-refractivity contribution in [3.63, 3.8) is 0 Å². The van der Waals surface area contributed by atoms with E-state index in [0.29, 0.717) is 6.42 Å². The second-order valence-electron chi connectivity index (χ2n) is 4.48. The van der Waals surface area contributed by atoms with Gasteiger partial charge in [0.1, 0.15) is 18.1 Å². The number of ether oxygens (including phenoxy) is 1. The van der Waals surface area contributed by atoms with Crippen molar-refractivity contribution in [2.75, 3.05) is 13.7 Å². The zero-order valence-corrected chi connectivity index (χ0v) is 13.0. The molecule has 1 N–H and O–H groups in total. The topological polar surface area (TPSA) is 68.1 Å². The maximum atomic E-state index is 10.5. The van der Waals surface area contributed by atoms with Gasteiger partial charge in [0.25, 0.3) is 0 Å². The van der Waals surface area contributed by atoms with Gasteiger partial charge in [0.15, 0.2) is 0 Å². The van der Waals surface area contributed by atoms with Crippen LogP contribution in [0.3, 0.4) is 0 Å². The van der Waals surface area contributed by atoms with Crippen LogP contribution >= 0.6 is 11.3 Å². The lowest BCUT2D eigenvalue weighted by atomic mass is 10.1. The fourth-order valence-electron chi connectivity index (χ4n) is 1.80. The second-order valence-corrected chi connectivity index (χ2v) is 5.42. The molecule has 0 saturated heterocycles. The van der Waals surface area contributed by atoms with Gasteiger partial charge < -0.3 is 14.7 Å². The van der Waals surface area contributed by atoms with Crippen molar-refractivity contribution in [1.29, 1.82) is 0 Å². The molecule has 0 bridgehead atoms. The van der Waals surface area contributed by atoms with Crippen LogP contribution in [0.5, 0.6) is 5.75 Å². The lowest BCUT2D eigenvalue weighted by molar-refractivity contribution is -0.137. The maximum Gasteiger partial charge on any atom is 0.303 e. The summed E-state index contributed by atoms with van der Waals surface area (Å²) in [6.45, 7) is 0.275. The van der Waals surface area contributed by atoms with Gasteiger partial charge in [0.2, 0.25) is 0 Å². The fourth-order valence-corrected chi connectivity index (χ4v) is 2.53. The number of hydrogen-bond acceptors (Lipinski definition) is 5. The Bertz CT molecular complexity index is 620. The Balaban J connectivity index is 2.10. The fraction of sp³-hybridized carbons (Fsp3) is 0.250. The molecule has 1 aromatic heterocycles. The van der Waals surface area contributed by atoms with E-state index in [1.807, 2.05) is 41.8 Å². The first-order chi connectivity index (χ1) is 10.7. The maximum absolute atomic E-state index is 10.5. The van der Waals surface area contributed by atoms with E-state index < -0.39 is 5.97 Å². The van der Waals surface area contributed by atoms with Gasteiger partial charge in [0.05, 0.1) is 12.0 Å². The zero-order chi connectivity index (χ0) is 15.8. The summed E-state index contributed by atoms with van der Waals surface area (Å²) in [5.74, 6) is -0.0575. The third-order valence-electron chi connectivity index (χ3n) is 2.90. The summed E-state index contributed by atoms with van der Waals surface area (Å²) in [6.07, 6.45) is 0.506. The molecule has 2 aromatic rings. The molecule has 22 heavy (non-hydrogen) atoms. The van der Waals surface area contributed by atoms with E-state index in [1.54, 1.807) is 18.4 Å². The van der Waals surface area contributed by atoms with Crippen LogP contribution in [-0.4, -0.2) is 30.5 Å².